The first-order valence-corrected chi connectivity index (χ1v) is 9.12. The molecule has 6 heteroatoms. The summed E-state index contributed by atoms with van der Waals surface area (Å²) in [6.07, 6.45) is 4.01. The van der Waals surface area contributed by atoms with E-state index in [1.807, 2.05) is 6.07 Å². The van der Waals surface area contributed by atoms with E-state index in [1.165, 1.54) is 4.90 Å². The van der Waals surface area contributed by atoms with Gasteiger partial charge in [0.15, 0.2) is 0 Å². The number of aromatic nitrogens is 1. The molecule has 26 heavy (non-hydrogen) atoms. The Morgan fingerprint density at radius 1 is 1.46 bits per heavy atom. The Morgan fingerprint density at radius 2 is 2.27 bits per heavy atom. The van der Waals surface area contributed by atoms with Gasteiger partial charge >= 0.3 is 12.1 Å². The maximum absolute atomic E-state index is 12.2. The number of nitrogens with zero attached hydrogens (tertiary/aromatic N) is 2. The van der Waals surface area contributed by atoms with Gasteiger partial charge in [-0.3, -0.25) is 9.69 Å². The number of rotatable bonds is 8. The van der Waals surface area contributed by atoms with Crippen LogP contribution in [0.4, 0.5) is 10.6 Å². The number of hydrogen-bond acceptors (Lipinski definition) is 5. The second kappa shape index (κ2) is 9.81. The molecule has 2 heterocycles. The predicted molar refractivity (Wildman–Crippen MR) is 98.7 cm³/mol. The fourth-order valence-corrected chi connectivity index (χ4v) is 2.96. The third-order valence-electron chi connectivity index (χ3n) is 4.24. The third-order valence-corrected chi connectivity index (χ3v) is 4.24. The summed E-state index contributed by atoms with van der Waals surface area (Å²) in [6, 6.07) is 3.57. The number of esters is 1. The van der Waals surface area contributed by atoms with Crippen molar-refractivity contribution in [2.75, 3.05) is 18.1 Å². The first-order valence-electron chi connectivity index (χ1n) is 9.12. The highest BCUT2D eigenvalue weighted by Crippen LogP contribution is 2.26. The molecular formula is C20H26N2O4. The number of pyridine rings is 1. The molecule has 6 nitrogen and oxygen atoms in total. The van der Waals surface area contributed by atoms with E-state index in [1.54, 1.807) is 26.1 Å². The van der Waals surface area contributed by atoms with Crippen LogP contribution in [-0.2, 0) is 14.3 Å². The van der Waals surface area contributed by atoms with E-state index >= 15 is 0 Å². The molecule has 1 saturated heterocycles. The van der Waals surface area contributed by atoms with Crippen molar-refractivity contribution in [3.8, 4) is 11.8 Å². The lowest BCUT2D eigenvalue weighted by Crippen LogP contribution is -2.28. The smallest absolute Gasteiger partial charge is 0.415 e. The molecule has 0 bridgehead atoms. The highest BCUT2D eigenvalue weighted by atomic mass is 16.6. The van der Waals surface area contributed by atoms with Gasteiger partial charge in [-0.25, -0.2) is 9.78 Å². The van der Waals surface area contributed by atoms with Crippen molar-refractivity contribution in [3.63, 3.8) is 0 Å². The number of anilines is 1. The maximum Gasteiger partial charge on any atom is 0.415 e. The molecule has 0 saturated carbocycles. The first kappa shape index (κ1) is 19.8. The molecule has 140 valence electrons. The SMILES string of the molecule is CC#Cc1ccc(N2CC(CC(CCCC)C(=O)OCC)OC2=O)nc1. The fraction of sp³-hybridized carbons (Fsp3) is 0.550. The molecule has 1 fully saturated rings. The monoisotopic (exact) mass is 358 g/mol. The van der Waals surface area contributed by atoms with Gasteiger partial charge in [0.25, 0.3) is 0 Å². The van der Waals surface area contributed by atoms with Gasteiger partial charge in [-0.05, 0) is 38.8 Å². The van der Waals surface area contributed by atoms with Crippen LogP contribution in [0.15, 0.2) is 18.3 Å². The summed E-state index contributed by atoms with van der Waals surface area (Å²) in [6.45, 7) is 6.37. The number of cyclic esters (lactones) is 1. The van der Waals surface area contributed by atoms with Gasteiger partial charge in [0.05, 0.1) is 19.1 Å². The minimum atomic E-state index is -0.435. The minimum Gasteiger partial charge on any atom is -0.466 e. The van der Waals surface area contributed by atoms with Crippen LogP contribution in [0.1, 0.15) is 52.0 Å². The summed E-state index contributed by atoms with van der Waals surface area (Å²) in [7, 11) is 0. The summed E-state index contributed by atoms with van der Waals surface area (Å²) in [5.41, 5.74) is 0.794. The van der Waals surface area contributed by atoms with Gasteiger partial charge in [0.1, 0.15) is 11.9 Å². The average Bonchev–Trinajstić information content (AvgIpc) is 3.00. The first-order chi connectivity index (χ1) is 12.6. The highest BCUT2D eigenvalue weighted by molar-refractivity contribution is 5.88. The van der Waals surface area contributed by atoms with Gasteiger partial charge in [-0.2, -0.15) is 0 Å². The van der Waals surface area contributed by atoms with Crippen LogP contribution < -0.4 is 4.90 Å². The zero-order valence-corrected chi connectivity index (χ0v) is 15.7. The molecule has 0 radical (unpaired) electrons. The zero-order chi connectivity index (χ0) is 18.9. The normalized spacial score (nSPS) is 17.3. The van der Waals surface area contributed by atoms with Crippen molar-refractivity contribution in [1.29, 1.82) is 0 Å². The lowest BCUT2D eigenvalue weighted by molar-refractivity contribution is -0.149. The molecule has 1 aliphatic heterocycles. The second-order valence-electron chi connectivity index (χ2n) is 6.22. The largest absolute Gasteiger partial charge is 0.466 e. The molecular weight excluding hydrogens is 332 g/mol. The van der Waals surface area contributed by atoms with Crippen molar-refractivity contribution in [2.24, 2.45) is 5.92 Å². The number of carbonyl (C=O) groups is 2. The Labute approximate surface area is 154 Å². The predicted octanol–water partition coefficient (Wildman–Crippen LogP) is 3.54. The van der Waals surface area contributed by atoms with Crippen molar-refractivity contribution in [1.82, 2.24) is 4.98 Å². The molecule has 0 aromatic carbocycles. The molecule has 1 aromatic heterocycles. The van der Waals surface area contributed by atoms with Gasteiger partial charge in [0, 0.05) is 11.8 Å². The molecule has 2 unspecified atom stereocenters. The second-order valence-corrected chi connectivity index (χ2v) is 6.22. The maximum atomic E-state index is 12.2. The van der Waals surface area contributed by atoms with Crippen molar-refractivity contribution >= 4 is 17.9 Å². The summed E-state index contributed by atoms with van der Waals surface area (Å²) in [4.78, 5) is 30.2. The van der Waals surface area contributed by atoms with Crippen LogP contribution in [-0.4, -0.2) is 36.3 Å². The Morgan fingerprint density at radius 3 is 2.88 bits per heavy atom. The van der Waals surface area contributed by atoms with Crippen LogP contribution in [0, 0.1) is 17.8 Å². The third kappa shape index (κ3) is 5.22. The van der Waals surface area contributed by atoms with E-state index in [0.717, 1.165) is 24.8 Å². The number of carbonyl (C=O) groups excluding carboxylic acids is 2. The summed E-state index contributed by atoms with van der Waals surface area (Å²) < 4.78 is 10.6. The van der Waals surface area contributed by atoms with Gasteiger partial charge in [0.2, 0.25) is 0 Å². The molecule has 2 rings (SSSR count). The van der Waals surface area contributed by atoms with Gasteiger partial charge in [-0.15, -0.1) is 5.92 Å². The van der Waals surface area contributed by atoms with E-state index in [0.29, 0.717) is 25.4 Å². The van der Waals surface area contributed by atoms with E-state index in [-0.39, 0.29) is 18.0 Å². The molecule has 0 spiro atoms. The molecule has 0 N–H and O–H groups in total. The number of unbranched alkanes of at least 4 members (excludes halogenated alkanes) is 1. The molecule has 1 aliphatic rings. The Balaban J connectivity index is 2.02. The lowest BCUT2D eigenvalue weighted by Gasteiger charge is -2.18. The molecule has 1 aromatic rings. The van der Waals surface area contributed by atoms with E-state index < -0.39 is 6.09 Å². The molecule has 1 amide bonds. The molecule has 0 aliphatic carbocycles. The van der Waals surface area contributed by atoms with E-state index in [9.17, 15) is 9.59 Å². The summed E-state index contributed by atoms with van der Waals surface area (Å²) in [5, 5.41) is 0. The van der Waals surface area contributed by atoms with Crippen LogP contribution in [0.3, 0.4) is 0 Å². The lowest BCUT2D eigenvalue weighted by atomic mass is 9.95. The average molecular weight is 358 g/mol. The zero-order valence-electron chi connectivity index (χ0n) is 15.7. The van der Waals surface area contributed by atoms with Crippen molar-refractivity contribution < 1.29 is 19.1 Å². The highest BCUT2D eigenvalue weighted by Gasteiger charge is 2.36. The van der Waals surface area contributed by atoms with Crippen LogP contribution in [0.25, 0.3) is 0 Å². The van der Waals surface area contributed by atoms with E-state index in [4.69, 9.17) is 9.47 Å². The molecule has 2 atom stereocenters. The van der Waals surface area contributed by atoms with Crippen molar-refractivity contribution in [3.05, 3.63) is 23.9 Å². The van der Waals surface area contributed by atoms with Crippen molar-refractivity contribution in [2.45, 2.75) is 52.6 Å². The number of hydrogen-bond donors (Lipinski definition) is 0. The van der Waals surface area contributed by atoms with E-state index in [2.05, 4.69) is 23.7 Å². The topological polar surface area (TPSA) is 68.7 Å². The number of amides is 1. The standard InChI is InChI=1S/C20H26N2O4/c1-4-7-9-16(19(23)25-6-3)12-17-14-22(20(24)26-17)18-11-10-15(8-5-2)13-21-18/h10-11,13,16-17H,4,6-7,9,12,14H2,1-3H3. The minimum absolute atomic E-state index is 0.212. The van der Waals surface area contributed by atoms with Crippen LogP contribution in [0.2, 0.25) is 0 Å². The van der Waals surface area contributed by atoms with Gasteiger partial charge < -0.3 is 9.47 Å². The Kier molecular flexibility index (Phi) is 7.46. The summed E-state index contributed by atoms with van der Waals surface area (Å²) in [5.74, 6) is 5.79. The van der Waals surface area contributed by atoms with Crippen LogP contribution >= 0.6 is 0 Å². The summed E-state index contributed by atoms with van der Waals surface area (Å²) >= 11 is 0. The van der Waals surface area contributed by atoms with Crippen LogP contribution in [0.5, 0.6) is 0 Å². The number of ether oxygens (including phenoxy) is 2. The fourth-order valence-electron chi connectivity index (χ4n) is 2.96. The Bertz CT molecular complexity index is 675. The quantitative estimate of drug-likeness (QED) is 0.525. The Hall–Kier alpha value is -2.55. The van der Waals surface area contributed by atoms with Gasteiger partial charge in [-0.1, -0.05) is 25.7 Å².